The number of hydrogen-bond acceptors (Lipinski definition) is 7. The number of carbonyl (C=O) groups excluding carboxylic acids is 2. The number of aromatic nitrogens is 2. The van der Waals surface area contributed by atoms with Crippen molar-refractivity contribution in [2.45, 2.75) is 57.3 Å². The molecule has 2 amide bonds. The van der Waals surface area contributed by atoms with Crippen LogP contribution in [0.5, 0.6) is 5.75 Å². The molecule has 2 bridgehead atoms. The third-order valence-corrected chi connectivity index (χ3v) is 7.45. The highest BCUT2D eigenvalue weighted by molar-refractivity contribution is 5.99. The molecule has 10 nitrogen and oxygen atoms in total. The molecule has 2 aromatic rings. The number of amides is 2. The number of nitrogens with one attached hydrogen (secondary N) is 1. The fourth-order valence-electron chi connectivity index (χ4n) is 5.25. The largest absolute Gasteiger partial charge is 0.503 e. The molecule has 5 heterocycles. The lowest BCUT2D eigenvalue weighted by molar-refractivity contribution is -0.0655. The second kappa shape index (κ2) is 8.89. The van der Waals surface area contributed by atoms with Gasteiger partial charge in [-0.3, -0.25) is 19.4 Å². The Morgan fingerprint density at radius 1 is 1.35 bits per heavy atom. The second-order valence-corrected chi connectivity index (χ2v) is 9.64. The van der Waals surface area contributed by atoms with Crippen molar-refractivity contribution in [2.75, 3.05) is 13.2 Å². The molecule has 2 N–H and O–H groups in total. The molecule has 37 heavy (non-hydrogen) atoms. The molecule has 5 rings (SSSR count). The number of carbonyl (C=O) groups is 2. The van der Waals surface area contributed by atoms with Gasteiger partial charge in [0.25, 0.3) is 11.8 Å². The fourth-order valence-corrected chi connectivity index (χ4v) is 5.25. The summed E-state index contributed by atoms with van der Waals surface area (Å²) in [6.07, 6.45) is 3.05. The lowest BCUT2D eigenvalue weighted by atomic mass is 9.84. The lowest BCUT2D eigenvalue weighted by Crippen LogP contribution is -2.52. The van der Waals surface area contributed by atoms with Gasteiger partial charge in [0.05, 0.1) is 30.2 Å². The van der Waals surface area contributed by atoms with Crippen LogP contribution in [0.25, 0.3) is 0 Å². The lowest BCUT2D eigenvalue weighted by Gasteiger charge is -2.41. The number of alkyl halides is 1. The normalized spacial score (nSPS) is 24.4. The standard InChI is InChI=1S/C24H24F3N5O5/c1-11-3-4-24(5-13(6-25)30-37-24)17-10-31(11)23(36)19-21(34)20(33)14(9-32(17)19)22(35)29-8-16-18(27)12(2)15(26)7-28-16/h7,9,11,17,34H,3-6,8,10H2,1-2H3,(H,29,35)/t11-,17+,24-/m0/s1. The van der Waals surface area contributed by atoms with E-state index in [2.05, 4.69) is 15.5 Å². The third kappa shape index (κ3) is 3.83. The summed E-state index contributed by atoms with van der Waals surface area (Å²) in [7, 11) is 0. The van der Waals surface area contributed by atoms with Crippen LogP contribution in [-0.2, 0) is 11.4 Å². The van der Waals surface area contributed by atoms with Gasteiger partial charge in [-0.2, -0.15) is 0 Å². The summed E-state index contributed by atoms with van der Waals surface area (Å²) >= 11 is 0. The van der Waals surface area contributed by atoms with Crippen molar-refractivity contribution in [1.29, 1.82) is 0 Å². The van der Waals surface area contributed by atoms with Crippen LogP contribution in [0, 0.1) is 18.6 Å². The number of pyridine rings is 2. The molecule has 1 fully saturated rings. The van der Waals surface area contributed by atoms with Crippen molar-refractivity contribution in [3.8, 4) is 5.75 Å². The van der Waals surface area contributed by atoms with Crippen molar-refractivity contribution in [2.24, 2.45) is 5.16 Å². The number of fused-ring (bicyclic) bond motifs is 5. The minimum atomic E-state index is -1.09. The van der Waals surface area contributed by atoms with Gasteiger partial charge >= 0.3 is 0 Å². The smallest absolute Gasteiger partial charge is 0.274 e. The zero-order chi connectivity index (χ0) is 26.6. The van der Waals surface area contributed by atoms with Crippen LogP contribution in [0.3, 0.4) is 0 Å². The molecule has 3 aliphatic heterocycles. The van der Waals surface area contributed by atoms with Gasteiger partial charge in [0, 0.05) is 30.8 Å². The van der Waals surface area contributed by atoms with Crippen molar-refractivity contribution in [3.63, 3.8) is 0 Å². The van der Waals surface area contributed by atoms with Crippen LogP contribution in [0.1, 0.15) is 64.3 Å². The molecular weight excluding hydrogens is 495 g/mol. The van der Waals surface area contributed by atoms with Crippen LogP contribution >= 0.6 is 0 Å². The van der Waals surface area contributed by atoms with Crippen molar-refractivity contribution in [1.82, 2.24) is 19.8 Å². The molecule has 0 saturated carbocycles. The Hall–Kier alpha value is -3.90. The van der Waals surface area contributed by atoms with Crippen molar-refractivity contribution < 1.29 is 32.7 Å². The summed E-state index contributed by atoms with van der Waals surface area (Å²) in [5.74, 6) is -4.24. The highest BCUT2D eigenvalue weighted by atomic mass is 19.1. The molecule has 0 aromatic carbocycles. The minimum Gasteiger partial charge on any atom is -0.503 e. The number of hydrogen-bond donors (Lipinski definition) is 2. The van der Waals surface area contributed by atoms with Crippen LogP contribution in [0.15, 0.2) is 22.3 Å². The number of halogens is 3. The van der Waals surface area contributed by atoms with Gasteiger partial charge in [-0.05, 0) is 26.7 Å². The molecule has 0 radical (unpaired) electrons. The van der Waals surface area contributed by atoms with Gasteiger partial charge in [-0.1, -0.05) is 5.16 Å². The Morgan fingerprint density at radius 2 is 2.11 bits per heavy atom. The van der Waals surface area contributed by atoms with Crippen LogP contribution in [0.2, 0.25) is 0 Å². The van der Waals surface area contributed by atoms with E-state index >= 15 is 0 Å². The molecule has 1 saturated heterocycles. The summed E-state index contributed by atoms with van der Waals surface area (Å²) in [6, 6.07) is -0.935. The van der Waals surface area contributed by atoms with E-state index in [-0.39, 0.29) is 41.7 Å². The maximum Gasteiger partial charge on any atom is 0.274 e. The van der Waals surface area contributed by atoms with Crippen LogP contribution in [-0.4, -0.2) is 61.9 Å². The maximum atomic E-state index is 14.3. The summed E-state index contributed by atoms with van der Waals surface area (Å²) < 4.78 is 42.6. The Kier molecular flexibility index (Phi) is 5.95. The monoisotopic (exact) mass is 519 g/mol. The maximum absolute atomic E-state index is 14.3. The topological polar surface area (TPSA) is 126 Å². The van der Waals surface area contributed by atoms with E-state index in [0.29, 0.717) is 12.8 Å². The Morgan fingerprint density at radius 3 is 2.81 bits per heavy atom. The summed E-state index contributed by atoms with van der Waals surface area (Å²) in [4.78, 5) is 50.1. The first-order valence-corrected chi connectivity index (χ1v) is 11.7. The zero-order valence-electron chi connectivity index (χ0n) is 20.1. The predicted molar refractivity (Wildman–Crippen MR) is 123 cm³/mol. The van der Waals surface area contributed by atoms with Gasteiger partial charge in [0.2, 0.25) is 5.43 Å². The van der Waals surface area contributed by atoms with Gasteiger partial charge in [-0.25, -0.2) is 13.2 Å². The Labute approximate surface area is 208 Å². The average molecular weight is 519 g/mol. The Bertz CT molecular complexity index is 1410. The summed E-state index contributed by atoms with van der Waals surface area (Å²) in [5, 5.41) is 17.0. The third-order valence-electron chi connectivity index (χ3n) is 7.45. The summed E-state index contributed by atoms with van der Waals surface area (Å²) in [5.41, 5.74) is -3.25. The summed E-state index contributed by atoms with van der Waals surface area (Å²) in [6.45, 7) is 1.92. The van der Waals surface area contributed by atoms with Crippen LogP contribution in [0.4, 0.5) is 13.2 Å². The highest BCUT2D eigenvalue weighted by Crippen LogP contribution is 2.46. The molecule has 1 spiro atoms. The first kappa shape index (κ1) is 24.8. The molecule has 13 heteroatoms. The predicted octanol–water partition coefficient (Wildman–Crippen LogP) is 2.13. The first-order chi connectivity index (χ1) is 17.6. The van der Waals surface area contributed by atoms with E-state index in [9.17, 15) is 32.7 Å². The van der Waals surface area contributed by atoms with E-state index in [1.165, 1.54) is 16.4 Å². The average Bonchev–Trinajstić information content (AvgIpc) is 3.26. The van der Waals surface area contributed by atoms with Gasteiger partial charge in [0.15, 0.2) is 22.9 Å². The number of oxime groups is 1. The van der Waals surface area contributed by atoms with E-state index in [1.807, 2.05) is 6.92 Å². The van der Waals surface area contributed by atoms with E-state index in [0.717, 1.165) is 12.4 Å². The number of aromatic hydroxyl groups is 1. The molecular formula is C24H24F3N5O5. The van der Waals surface area contributed by atoms with Gasteiger partial charge in [-0.15, -0.1) is 0 Å². The van der Waals surface area contributed by atoms with E-state index < -0.39 is 65.1 Å². The van der Waals surface area contributed by atoms with E-state index in [4.69, 9.17) is 4.84 Å². The molecule has 2 aromatic heterocycles. The van der Waals surface area contributed by atoms with Gasteiger partial charge in [0.1, 0.15) is 18.1 Å². The van der Waals surface area contributed by atoms with E-state index in [1.54, 1.807) is 0 Å². The number of rotatable bonds is 4. The molecule has 196 valence electrons. The molecule has 0 aliphatic carbocycles. The molecule has 3 atom stereocenters. The van der Waals surface area contributed by atoms with Gasteiger partial charge < -0.3 is 24.7 Å². The molecule has 3 aliphatic rings. The van der Waals surface area contributed by atoms with Crippen molar-refractivity contribution >= 4 is 17.5 Å². The first-order valence-electron chi connectivity index (χ1n) is 11.7. The SMILES string of the molecule is Cc1c(F)cnc(CNC(=O)c2cn3c(c(O)c2=O)C(=O)N2C[C@@H]3[C@]3(CC[C@@H]2C)CC(CF)=NO3)c1F. The second-order valence-electron chi connectivity index (χ2n) is 9.64. The minimum absolute atomic E-state index is 0.134. The zero-order valence-corrected chi connectivity index (χ0v) is 20.1. The fraction of sp³-hybridized carbons (Fsp3) is 0.458. The van der Waals surface area contributed by atoms with Crippen molar-refractivity contribution in [3.05, 3.63) is 56.8 Å². The quantitative estimate of drug-likeness (QED) is 0.638. The Balaban J connectivity index is 1.54. The molecule has 0 unspecified atom stereocenters. The number of nitrogens with zero attached hydrogens (tertiary/aromatic N) is 4. The van der Waals surface area contributed by atoms with Crippen LogP contribution < -0.4 is 10.7 Å². The highest BCUT2D eigenvalue weighted by Gasteiger charge is 2.54.